The van der Waals surface area contributed by atoms with Gasteiger partial charge in [-0.2, -0.15) is 0 Å². The molecule has 0 aliphatic carbocycles. The summed E-state index contributed by atoms with van der Waals surface area (Å²) in [7, 11) is 0. The minimum absolute atomic E-state index is 0.126. The van der Waals surface area contributed by atoms with Crippen LogP contribution in [-0.4, -0.2) is 29.9 Å². The van der Waals surface area contributed by atoms with Crippen molar-refractivity contribution < 1.29 is 4.79 Å². The maximum Gasteiger partial charge on any atom is 0.225 e. The van der Waals surface area contributed by atoms with Gasteiger partial charge in [0.2, 0.25) is 5.91 Å². The van der Waals surface area contributed by atoms with E-state index in [1.54, 1.807) is 6.08 Å². The lowest BCUT2D eigenvalue weighted by Gasteiger charge is -2.32. The van der Waals surface area contributed by atoms with Crippen molar-refractivity contribution in [2.75, 3.05) is 18.0 Å². The minimum Gasteiger partial charge on any atom is -0.362 e. The van der Waals surface area contributed by atoms with E-state index >= 15 is 0 Å². The SMILES string of the molecule is C=CCN1CC(N(Cc2ccccc2C)c2ccc(C)c(Cl)c2)CC1=O. The lowest BCUT2D eigenvalue weighted by Crippen LogP contribution is -2.37. The Bertz CT molecular complexity index is 818. The molecule has 26 heavy (non-hydrogen) atoms. The molecule has 0 spiro atoms. The topological polar surface area (TPSA) is 23.6 Å². The number of carbonyl (C=O) groups is 1. The summed E-state index contributed by atoms with van der Waals surface area (Å²) in [6.07, 6.45) is 2.31. The van der Waals surface area contributed by atoms with Crippen LogP contribution < -0.4 is 4.90 Å². The third-order valence-electron chi connectivity index (χ3n) is 5.07. The summed E-state index contributed by atoms with van der Waals surface area (Å²) >= 11 is 6.39. The molecular formula is C22H25ClN2O. The van der Waals surface area contributed by atoms with Crippen molar-refractivity contribution in [1.82, 2.24) is 4.90 Å². The average molecular weight is 369 g/mol. The summed E-state index contributed by atoms with van der Waals surface area (Å²) in [4.78, 5) is 16.6. The van der Waals surface area contributed by atoms with Gasteiger partial charge in [0.15, 0.2) is 0 Å². The summed E-state index contributed by atoms with van der Waals surface area (Å²) in [5.74, 6) is 0.183. The van der Waals surface area contributed by atoms with Gasteiger partial charge in [-0.15, -0.1) is 6.58 Å². The first-order valence-electron chi connectivity index (χ1n) is 8.95. The Morgan fingerprint density at radius 3 is 2.69 bits per heavy atom. The maximum absolute atomic E-state index is 12.4. The molecule has 2 aromatic carbocycles. The highest BCUT2D eigenvalue weighted by Gasteiger charge is 2.33. The molecule has 1 fully saturated rings. The molecule has 1 aliphatic heterocycles. The number of hydrogen-bond acceptors (Lipinski definition) is 2. The van der Waals surface area contributed by atoms with Crippen molar-refractivity contribution in [2.24, 2.45) is 0 Å². The van der Waals surface area contributed by atoms with Gasteiger partial charge in [0.25, 0.3) is 0 Å². The number of amides is 1. The molecule has 0 saturated carbocycles. The fourth-order valence-corrected chi connectivity index (χ4v) is 3.63. The number of carbonyl (C=O) groups excluding carboxylic acids is 1. The van der Waals surface area contributed by atoms with Gasteiger partial charge in [-0.3, -0.25) is 4.79 Å². The standard InChI is InChI=1S/C22H25ClN2O/c1-4-11-24-15-20(13-22(24)26)25(14-18-8-6-5-7-16(18)2)19-10-9-17(3)21(23)12-19/h4-10,12,20H,1,11,13-15H2,2-3H3. The highest BCUT2D eigenvalue weighted by molar-refractivity contribution is 6.31. The normalized spacial score (nSPS) is 16.8. The third-order valence-corrected chi connectivity index (χ3v) is 5.48. The monoisotopic (exact) mass is 368 g/mol. The van der Waals surface area contributed by atoms with Gasteiger partial charge in [0, 0.05) is 36.8 Å². The van der Waals surface area contributed by atoms with E-state index in [1.165, 1.54) is 11.1 Å². The molecule has 3 nitrogen and oxygen atoms in total. The number of likely N-dealkylation sites (tertiary alicyclic amines) is 1. The number of anilines is 1. The fourth-order valence-electron chi connectivity index (χ4n) is 3.46. The van der Waals surface area contributed by atoms with Gasteiger partial charge in [0.1, 0.15) is 0 Å². The summed E-state index contributed by atoms with van der Waals surface area (Å²) in [6, 6.07) is 14.7. The Kier molecular flexibility index (Phi) is 5.67. The van der Waals surface area contributed by atoms with Crippen LogP contribution in [0.5, 0.6) is 0 Å². The van der Waals surface area contributed by atoms with Gasteiger partial charge >= 0.3 is 0 Å². The van der Waals surface area contributed by atoms with Crippen molar-refractivity contribution in [2.45, 2.75) is 32.9 Å². The molecule has 1 unspecified atom stereocenters. The van der Waals surface area contributed by atoms with E-state index < -0.39 is 0 Å². The molecule has 136 valence electrons. The quantitative estimate of drug-likeness (QED) is 0.687. The van der Waals surface area contributed by atoms with E-state index in [-0.39, 0.29) is 11.9 Å². The van der Waals surface area contributed by atoms with Crippen LogP contribution in [0.15, 0.2) is 55.1 Å². The zero-order valence-corrected chi connectivity index (χ0v) is 16.2. The largest absolute Gasteiger partial charge is 0.362 e. The van der Waals surface area contributed by atoms with E-state index in [0.717, 1.165) is 22.8 Å². The average Bonchev–Trinajstić information content (AvgIpc) is 2.98. The van der Waals surface area contributed by atoms with Crippen molar-refractivity contribution in [1.29, 1.82) is 0 Å². The molecule has 1 atom stereocenters. The molecule has 2 aromatic rings. The van der Waals surface area contributed by atoms with Crippen molar-refractivity contribution >= 4 is 23.2 Å². The van der Waals surface area contributed by atoms with Crippen LogP contribution in [0.4, 0.5) is 5.69 Å². The molecule has 4 heteroatoms. The van der Waals surface area contributed by atoms with Crippen molar-refractivity contribution in [3.63, 3.8) is 0 Å². The highest BCUT2D eigenvalue weighted by atomic mass is 35.5. The number of halogens is 1. The molecule has 0 N–H and O–H groups in total. The number of aryl methyl sites for hydroxylation is 2. The summed E-state index contributed by atoms with van der Waals surface area (Å²) < 4.78 is 0. The molecule has 0 aromatic heterocycles. The Hall–Kier alpha value is -2.26. The van der Waals surface area contributed by atoms with Gasteiger partial charge in [-0.25, -0.2) is 0 Å². The number of benzene rings is 2. The Morgan fingerprint density at radius 1 is 1.23 bits per heavy atom. The summed E-state index contributed by atoms with van der Waals surface area (Å²) in [5.41, 5.74) is 4.63. The van der Waals surface area contributed by atoms with Crippen LogP contribution in [0, 0.1) is 13.8 Å². The fraction of sp³-hybridized carbons (Fsp3) is 0.318. The second kappa shape index (κ2) is 7.96. The van der Waals surface area contributed by atoms with Gasteiger partial charge in [-0.05, 0) is 42.7 Å². The van der Waals surface area contributed by atoms with Gasteiger partial charge in [-0.1, -0.05) is 48.0 Å². The first kappa shape index (κ1) is 18.5. The van der Waals surface area contributed by atoms with Crippen LogP contribution in [0.25, 0.3) is 0 Å². The second-order valence-electron chi connectivity index (χ2n) is 6.93. The maximum atomic E-state index is 12.4. The first-order chi connectivity index (χ1) is 12.5. The molecule has 1 heterocycles. The lowest BCUT2D eigenvalue weighted by atomic mass is 10.1. The Labute approximate surface area is 160 Å². The zero-order valence-electron chi connectivity index (χ0n) is 15.4. The van der Waals surface area contributed by atoms with Crippen LogP contribution in [0.1, 0.15) is 23.1 Å². The van der Waals surface area contributed by atoms with E-state index in [9.17, 15) is 4.79 Å². The van der Waals surface area contributed by atoms with Crippen LogP contribution in [0.3, 0.4) is 0 Å². The first-order valence-corrected chi connectivity index (χ1v) is 9.33. The van der Waals surface area contributed by atoms with E-state index in [0.29, 0.717) is 19.5 Å². The molecule has 1 saturated heterocycles. The predicted octanol–water partition coefficient (Wildman–Crippen LogP) is 4.75. The van der Waals surface area contributed by atoms with E-state index in [2.05, 4.69) is 48.7 Å². The van der Waals surface area contributed by atoms with E-state index in [1.807, 2.05) is 24.0 Å². The highest BCUT2D eigenvalue weighted by Crippen LogP contribution is 2.30. The Balaban J connectivity index is 1.93. The minimum atomic E-state index is 0.126. The third kappa shape index (κ3) is 3.94. The van der Waals surface area contributed by atoms with Crippen LogP contribution >= 0.6 is 11.6 Å². The summed E-state index contributed by atoms with van der Waals surface area (Å²) in [6.45, 7) is 9.96. The zero-order chi connectivity index (χ0) is 18.7. The predicted molar refractivity (Wildman–Crippen MR) is 109 cm³/mol. The lowest BCUT2D eigenvalue weighted by molar-refractivity contribution is -0.127. The van der Waals surface area contributed by atoms with Crippen LogP contribution in [0.2, 0.25) is 5.02 Å². The molecule has 1 amide bonds. The molecule has 1 aliphatic rings. The smallest absolute Gasteiger partial charge is 0.225 e. The summed E-state index contributed by atoms with van der Waals surface area (Å²) in [5, 5.41) is 0.754. The second-order valence-corrected chi connectivity index (χ2v) is 7.34. The molecule has 0 bridgehead atoms. The molecular weight excluding hydrogens is 344 g/mol. The van der Waals surface area contributed by atoms with E-state index in [4.69, 9.17) is 11.6 Å². The van der Waals surface area contributed by atoms with Crippen molar-refractivity contribution in [3.8, 4) is 0 Å². The molecule has 3 rings (SSSR count). The number of rotatable bonds is 6. The number of nitrogens with zero attached hydrogens (tertiary/aromatic N) is 2. The molecule has 0 radical (unpaired) electrons. The van der Waals surface area contributed by atoms with Crippen LogP contribution in [-0.2, 0) is 11.3 Å². The van der Waals surface area contributed by atoms with Gasteiger partial charge in [0.05, 0.1) is 6.04 Å². The Morgan fingerprint density at radius 2 is 2.00 bits per heavy atom. The van der Waals surface area contributed by atoms with Gasteiger partial charge < -0.3 is 9.80 Å². The number of hydrogen-bond donors (Lipinski definition) is 0. The van der Waals surface area contributed by atoms with Crippen molar-refractivity contribution in [3.05, 3.63) is 76.8 Å².